The van der Waals surface area contributed by atoms with E-state index in [0.717, 1.165) is 30.4 Å². The Kier molecular flexibility index (Phi) is 3.39. The predicted molar refractivity (Wildman–Crippen MR) is 72.8 cm³/mol. The monoisotopic (exact) mass is 266 g/mol. The predicted octanol–water partition coefficient (Wildman–Crippen LogP) is 2.41. The number of rotatable bonds is 3. The molecule has 0 aromatic carbocycles. The molecule has 1 N–H and O–H groups in total. The minimum atomic E-state index is 0.309. The van der Waals surface area contributed by atoms with Gasteiger partial charge in [0, 0.05) is 24.8 Å². The van der Waals surface area contributed by atoms with Crippen LogP contribution in [0.15, 0.2) is 12.3 Å². The Labute approximate surface area is 113 Å². The van der Waals surface area contributed by atoms with Crippen molar-refractivity contribution in [3.05, 3.63) is 17.5 Å². The van der Waals surface area contributed by atoms with Gasteiger partial charge in [-0.2, -0.15) is 0 Å². The zero-order valence-corrected chi connectivity index (χ0v) is 11.4. The number of hydrogen-bond acceptors (Lipinski definition) is 4. The van der Waals surface area contributed by atoms with Crippen LogP contribution in [0.5, 0.6) is 0 Å². The van der Waals surface area contributed by atoms with Crippen LogP contribution >= 0.6 is 11.6 Å². The van der Waals surface area contributed by atoms with E-state index in [1.807, 2.05) is 6.07 Å². The highest BCUT2D eigenvalue weighted by atomic mass is 35.5. The molecule has 0 saturated carbocycles. The number of hydrogen-bond donors (Lipinski definition) is 1. The van der Waals surface area contributed by atoms with Crippen LogP contribution in [0.3, 0.4) is 0 Å². The molecule has 2 fully saturated rings. The van der Waals surface area contributed by atoms with Gasteiger partial charge in [-0.05, 0) is 56.3 Å². The summed E-state index contributed by atoms with van der Waals surface area (Å²) in [7, 11) is 2.27. The van der Waals surface area contributed by atoms with E-state index < -0.39 is 0 Å². The molecule has 2 atom stereocenters. The topological polar surface area (TPSA) is 41.0 Å². The number of aromatic nitrogens is 2. The summed E-state index contributed by atoms with van der Waals surface area (Å²) in [6.07, 6.45) is 7.04. The van der Waals surface area contributed by atoms with Gasteiger partial charge in [-0.1, -0.05) is 0 Å². The van der Waals surface area contributed by atoms with Gasteiger partial charge in [0.05, 0.1) is 0 Å². The lowest BCUT2D eigenvalue weighted by molar-refractivity contribution is 0.139. The van der Waals surface area contributed by atoms with Gasteiger partial charge in [0.15, 0.2) is 0 Å². The molecular weight excluding hydrogens is 248 g/mol. The van der Waals surface area contributed by atoms with Gasteiger partial charge in [0.2, 0.25) is 5.28 Å². The Morgan fingerprint density at radius 1 is 1.39 bits per heavy atom. The molecule has 2 aliphatic heterocycles. The average molecular weight is 267 g/mol. The second kappa shape index (κ2) is 5.02. The molecule has 0 radical (unpaired) electrons. The summed E-state index contributed by atoms with van der Waals surface area (Å²) in [6, 6.07) is 3.46. The van der Waals surface area contributed by atoms with Crippen LogP contribution in [-0.2, 0) is 0 Å². The number of fused-ring (bicyclic) bond motifs is 2. The molecule has 2 bridgehead atoms. The Balaban J connectivity index is 1.55. The normalized spacial score (nSPS) is 31.6. The molecule has 0 spiro atoms. The van der Waals surface area contributed by atoms with Gasteiger partial charge >= 0.3 is 0 Å². The first-order chi connectivity index (χ1) is 8.72. The highest BCUT2D eigenvalue weighted by Crippen LogP contribution is 2.37. The molecule has 4 nitrogen and oxygen atoms in total. The van der Waals surface area contributed by atoms with E-state index in [9.17, 15) is 0 Å². The van der Waals surface area contributed by atoms with Crippen molar-refractivity contribution in [3.8, 4) is 0 Å². The summed E-state index contributed by atoms with van der Waals surface area (Å²) in [5.41, 5.74) is 0. The van der Waals surface area contributed by atoms with Crippen molar-refractivity contribution in [2.24, 2.45) is 5.92 Å². The first-order valence-corrected chi connectivity index (χ1v) is 7.04. The number of anilines is 1. The van der Waals surface area contributed by atoms with Crippen molar-refractivity contribution in [2.75, 3.05) is 18.9 Å². The third kappa shape index (κ3) is 2.45. The van der Waals surface area contributed by atoms with Crippen LogP contribution in [0.4, 0.5) is 5.82 Å². The summed E-state index contributed by atoms with van der Waals surface area (Å²) in [5, 5.41) is 3.69. The van der Waals surface area contributed by atoms with E-state index in [0.29, 0.717) is 5.28 Å². The molecule has 2 unspecified atom stereocenters. The van der Waals surface area contributed by atoms with Crippen molar-refractivity contribution in [1.29, 1.82) is 0 Å². The van der Waals surface area contributed by atoms with Gasteiger partial charge in [-0.3, -0.25) is 0 Å². The summed E-state index contributed by atoms with van der Waals surface area (Å²) >= 11 is 5.77. The van der Waals surface area contributed by atoms with E-state index >= 15 is 0 Å². The largest absolute Gasteiger partial charge is 0.370 e. The smallest absolute Gasteiger partial charge is 0.224 e. The fourth-order valence-electron chi connectivity index (χ4n) is 3.37. The van der Waals surface area contributed by atoms with Gasteiger partial charge in [0.1, 0.15) is 5.82 Å². The molecule has 2 saturated heterocycles. The van der Waals surface area contributed by atoms with E-state index in [2.05, 4.69) is 27.2 Å². The number of nitrogens with zero attached hydrogens (tertiary/aromatic N) is 3. The third-order valence-corrected chi connectivity index (χ3v) is 4.58. The maximum Gasteiger partial charge on any atom is 0.224 e. The fraction of sp³-hybridized carbons (Fsp3) is 0.692. The molecule has 0 aliphatic carbocycles. The highest BCUT2D eigenvalue weighted by Gasteiger charge is 2.38. The van der Waals surface area contributed by atoms with Crippen LogP contribution in [-0.4, -0.2) is 40.5 Å². The molecule has 0 amide bonds. The Hall–Kier alpha value is -0.870. The second-order valence-corrected chi connectivity index (χ2v) is 5.82. The first-order valence-electron chi connectivity index (χ1n) is 6.66. The second-order valence-electron chi connectivity index (χ2n) is 5.48. The molecule has 18 heavy (non-hydrogen) atoms. The van der Waals surface area contributed by atoms with Gasteiger partial charge < -0.3 is 10.2 Å². The minimum absolute atomic E-state index is 0.309. The standard InChI is InChI=1S/C13H19ClN4/c1-18-10-2-3-11(18)7-9(6-10)8-16-12-4-5-15-13(14)17-12/h4-5,9-11H,2-3,6-8H2,1H3,(H,15,16,17). The van der Waals surface area contributed by atoms with Crippen molar-refractivity contribution >= 4 is 17.4 Å². The molecule has 2 aliphatic rings. The number of piperidine rings is 1. The molecular formula is C13H19ClN4. The van der Waals surface area contributed by atoms with Crippen molar-refractivity contribution < 1.29 is 0 Å². The quantitative estimate of drug-likeness (QED) is 0.853. The van der Waals surface area contributed by atoms with Gasteiger partial charge in [-0.15, -0.1) is 0 Å². The van der Waals surface area contributed by atoms with Crippen LogP contribution in [0.25, 0.3) is 0 Å². The van der Waals surface area contributed by atoms with Crippen molar-refractivity contribution in [3.63, 3.8) is 0 Å². The van der Waals surface area contributed by atoms with Crippen LogP contribution < -0.4 is 5.32 Å². The SMILES string of the molecule is CN1C2CCC1CC(CNc1ccnc(Cl)n1)C2. The Morgan fingerprint density at radius 3 is 2.78 bits per heavy atom. The van der Waals surface area contributed by atoms with Gasteiger partial charge in [0.25, 0.3) is 0 Å². The summed E-state index contributed by atoms with van der Waals surface area (Å²) in [6.45, 7) is 0.994. The lowest BCUT2D eigenvalue weighted by Crippen LogP contribution is -2.41. The molecule has 5 heteroatoms. The highest BCUT2D eigenvalue weighted by molar-refractivity contribution is 6.28. The lowest BCUT2D eigenvalue weighted by Gasteiger charge is -2.36. The fourth-order valence-corrected chi connectivity index (χ4v) is 3.52. The molecule has 3 heterocycles. The minimum Gasteiger partial charge on any atom is -0.370 e. The molecule has 1 aromatic heterocycles. The lowest BCUT2D eigenvalue weighted by atomic mass is 9.91. The molecule has 98 valence electrons. The summed E-state index contributed by atoms with van der Waals surface area (Å²) < 4.78 is 0. The van der Waals surface area contributed by atoms with Crippen LogP contribution in [0.2, 0.25) is 5.28 Å². The zero-order chi connectivity index (χ0) is 12.5. The maximum atomic E-state index is 5.77. The molecule has 3 rings (SSSR count). The summed E-state index contributed by atoms with van der Waals surface area (Å²) in [4.78, 5) is 10.6. The third-order valence-electron chi connectivity index (χ3n) is 4.39. The van der Waals surface area contributed by atoms with Gasteiger partial charge in [-0.25, -0.2) is 9.97 Å². The maximum absolute atomic E-state index is 5.77. The zero-order valence-electron chi connectivity index (χ0n) is 10.6. The van der Waals surface area contributed by atoms with E-state index in [4.69, 9.17) is 11.6 Å². The average Bonchev–Trinajstić information content (AvgIpc) is 2.60. The number of halogens is 1. The van der Waals surface area contributed by atoms with E-state index in [1.165, 1.54) is 25.7 Å². The van der Waals surface area contributed by atoms with Crippen LogP contribution in [0, 0.1) is 5.92 Å². The summed E-state index contributed by atoms with van der Waals surface area (Å²) in [5.74, 6) is 1.59. The van der Waals surface area contributed by atoms with E-state index in [-0.39, 0.29) is 0 Å². The van der Waals surface area contributed by atoms with E-state index in [1.54, 1.807) is 6.20 Å². The van der Waals surface area contributed by atoms with Crippen LogP contribution in [0.1, 0.15) is 25.7 Å². The van der Waals surface area contributed by atoms with Crippen molar-refractivity contribution in [2.45, 2.75) is 37.8 Å². The Morgan fingerprint density at radius 2 is 2.11 bits per heavy atom. The van der Waals surface area contributed by atoms with Crippen molar-refractivity contribution in [1.82, 2.24) is 14.9 Å². The first kappa shape index (κ1) is 12.2. The Bertz CT molecular complexity index is 411. The molecule has 1 aromatic rings. The number of nitrogens with one attached hydrogen (secondary N) is 1.